The van der Waals surface area contributed by atoms with Gasteiger partial charge in [0.2, 0.25) is 0 Å². The number of allylic oxidation sites excluding steroid dienone is 1. The molecular formula is C28H39NO. The zero-order valence-electron chi connectivity index (χ0n) is 19.4. The fourth-order valence-corrected chi connectivity index (χ4v) is 8.16. The Labute approximate surface area is 183 Å². The van der Waals surface area contributed by atoms with Gasteiger partial charge in [-0.2, -0.15) is 0 Å². The van der Waals surface area contributed by atoms with Gasteiger partial charge in [-0.15, -0.1) is 0 Å². The molecule has 30 heavy (non-hydrogen) atoms. The quantitative estimate of drug-likeness (QED) is 0.507. The first-order valence-corrected chi connectivity index (χ1v) is 12.4. The number of fused-ring (bicyclic) bond motifs is 5. The van der Waals surface area contributed by atoms with Gasteiger partial charge in [0, 0.05) is 25.2 Å². The van der Waals surface area contributed by atoms with E-state index in [0.717, 1.165) is 36.2 Å². The second-order valence-electron chi connectivity index (χ2n) is 11.5. The number of anilines is 1. The molecule has 0 amide bonds. The van der Waals surface area contributed by atoms with Crippen molar-refractivity contribution < 1.29 is 4.79 Å². The van der Waals surface area contributed by atoms with Crippen LogP contribution in [0.5, 0.6) is 0 Å². The SMILES string of the molecule is CN(C)c1ccc(C=C2CC3C4CCC5CCCCC5(C)C4CCC3(C)C2=O)cc1. The van der Waals surface area contributed by atoms with Crippen molar-refractivity contribution in [2.45, 2.75) is 71.6 Å². The molecule has 4 saturated carbocycles. The molecule has 6 unspecified atom stereocenters. The van der Waals surface area contributed by atoms with Crippen molar-refractivity contribution in [1.82, 2.24) is 0 Å². The van der Waals surface area contributed by atoms with Gasteiger partial charge in [-0.05, 0) is 103 Å². The summed E-state index contributed by atoms with van der Waals surface area (Å²) in [5.74, 6) is 3.57. The molecule has 5 rings (SSSR count). The Morgan fingerprint density at radius 3 is 2.43 bits per heavy atom. The molecule has 0 saturated heterocycles. The topological polar surface area (TPSA) is 20.3 Å². The number of benzene rings is 1. The Kier molecular flexibility index (Phi) is 4.91. The van der Waals surface area contributed by atoms with E-state index in [1.165, 1.54) is 56.2 Å². The van der Waals surface area contributed by atoms with Gasteiger partial charge in [-0.25, -0.2) is 0 Å². The van der Waals surface area contributed by atoms with Crippen LogP contribution in [0.15, 0.2) is 29.8 Å². The van der Waals surface area contributed by atoms with Crippen molar-refractivity contribution in [3.8, 4) is 0 Å². The summed E-state index contributed by atoms with van der Waals surface area (Å²) < 4.78 is 0. The summed E-state index contributed by atoms with van der Waals surface area (Å²) in [6.07, 6.45) is 14.1. The molecule has 0 aromatic heterocycles. The van der Waals surface area contributed by atoms with E-state index in [1.807, 2.05) is 0 Å². The number of nitrogens with zero attached hydrogens (tertiary/aromatic N) is 1. The molecule has 4 fully saturated rings. The molecular weight excluding hydrogens is 366 g/mol. The number of Topliss-reactive ketones (excluding diaryl/α,β-unsaturated/α-hetero) is 1. The van der Waals surface area contributed by atoms with Crippen molar-refractivity contribution in [3.63, 3.8) is 0 Å². The number of carbonyl (C=O) groups is 1. The second kappa shape index (κ2) is 7.24. The molecule has 4 aliphatic rings. The van der Waals surface area contributed by atoms with Crippen LogP contribution in [-0.2, 0) is 4.79 Å². The predicted octanol–water partition coefficient (Wildman–Crippen LogP) is 6.75. The molecule has 0 radical (unpaired) electrons. The summed E-state index contributed by atoms with van der Waals surface area (Å²) in [4.78, 5) is 15.7. The van der Waals surface area contributed by atoms with E-state index < -0.39 is 0 Å². The minimum absolute atomic E-state index is 0.117. The maximum absolute atomic E-state index is 13.6. The lowest BCUT2D eigenvalue weighted by Gasteiger charge is -2.59. The molecule has 1 aromatic carbocycles. The minimum Gasteiger partial charge on any atom is -0.378 e. The maximum Gasteiger partial charge on any atom is 0.165 e. The van der Waals surface area contributed by atoms with E-state index in [2.05, 4.69) is 63.2 Å². The van der Waals surface area contributed by atoms with Gasteiger partial charge < -0.3 is 4.90 Å². The Bertz CT molecular complexity index is 852. The zero-order valence-corrected chi connectivity index (χ0v) is 19.4. The standard InChI is InChI=1S/C28H39NO/c1-27-15-6-5-7-21(27)10-13-23-24(27)14-16-28(2)25(23)18-20(26(28)30)17-19-8-11-22(12-9-19)29(3)4/h8-9,11-12,17,21,23-25H,5-7,10,13-16,18H2,1-4H3. The normalized spacial score (nSPS) is 41.9. The van der Waals surface area contributed by atoms with Crippen LogP contribution in [0.25, 0.3) is 6.08 Å². The number of rotatable bonds is 2. The van der Waals surface area contributed by atoms with Gasteiger partial charge in [-0.1, -0.05) is 38.8 Å². The third-order valence-electron chi connectivity index (χ3n) is 9.97. The van der Waals surface area contributed by atoms with Crippen molar-refractivity contribution in [3.05, 3.63) is 35.4 Å². The molecule has 162 valence electrons. The lowest BCUT2D eigenvalue weighted by Crippen LogP contribution is -2.52. The van der Waals surface area contributed by atoms with Crippen LogP contribution in [0, 0.1) is 34.5 Å². The van der Waals surface area contributed by atoms with E-state index in [1.54, 1.807) is 0 Å². The Hall–Kier alpha value is -1.57. The monoisotopic (exact) mass is 405 g/mol. The van der Waals surface area contributed by atoms with E-state index in [9.17, 15) is 4.79 Å². The first-order valence-electron chi connectivity index (χ1n) is 12.4. The van der Waals surface area contributed by atoms with Gasteiger partial charge in [0.05, 0.1) is 0 Å². The van der Waals surface area contributed by atoms with E-state index in [-0.39, 0.29) is 5.41 Å². The molecule has 4 aliphatic carbocycles. The van der Waals surface area contributed by atoms with Gasteiger partial charge in [0.15, 0.2) is 5.78 Å². The maximum atomic E-state index is 13.6. The predicted molar refractivity (Wildman–Crippen MR) is 125 cm³/mol. The molecule has 0 aliphatic heterocycles. The molecule has 0 N–H and O–H groups in total. The fourth-order valence-electron chi connectivity index (χ4n) is 8.16. The number of hydrogen-bond donors (Lipinski definition) is 0. The van der Waals surface area contributed by atoms with E-state index >= 15 is 0 Å². The molecule has 2 nitrogen and oxygen atoms in total. The number of carbonyl (C=O) groups excluding carboxylic acids is 1. The highest BCUT2D eigenvalue weighted by molar-refractivity contribution is 6.06. The summed E-state index contributed by atoms with van der Waals surface area (Å²) in [6.45, 7) is 4.93. The van der Waals surface area contributed by atoms with Crippen LogP contribution in [0.1, 0.15) is 77.2 Å². The molecule has 2 heteroatoms. The smallest absolute Gasteiger partial charge is 0.165 e. The summed E-state index contributed by atoms with van der Waals surface area (Å²) in [7, 11) is 4.13. The molecule has 6 atom stereocenters. The van der Waals surface area contributed by atoms with Gasteiger partial charge in [-0.3, -0.25) is 4.79 Å². The largest absolute Gasteiger partial charge is 0.378 e. The highest BCUT2D eigenvalue weighted by atomic mass is 16.1. The van der Waals surface area contributed by atoms with Crippen LogP contribution < -0.4 is 4.90 Å². The first kappa shape index (κ1) is 20.3. The average Bonchev–Trinajstić information content (AvgIpc) is 2.98. The van der Waals surface area contributed by atoms with Crippen molar-refractivity contribution in [2.75, 3.05) is 19.0 Å². The average molecular weight is 406 g/mol. The highest BCUT2D eigenvalue weighted by Gasteiger charge is 2.60. The van der Waals surface area contributed by atoms with Gasteiger partial charge in [0.1, 0.15) is 0 Å². The summed E-state index contributed by atoms with van der Waals surface area (Å²) in [5, 5.41) is 0. The van der Waals surface area contributed by atoms with Gasteiger partial charge >= 0.3 is 0 Å². The van der Waals surface area contributed by atoms with Crippen molar-refractivity contribution >= 4 is 17.5 Å². The molecule has 0 spiro atoms. The number of ketones is 1. The third-order valence-corrected chi connectivity index (χ3v) is 9.97. The van der Waals surface area contributed by atoms with Gasteiger partial charge in [0.25, 0.3) is 0 Å². The van der Waals surface area contributed by atoms with E-state index in [4.69, 9.17) is 0 Å². The third kappa shape index (κ3) is 3.00. The minimum atomic E-state index is -0.117. The summed E-state index contributed by atoms with van der Waals surface area (Å²) >= 11 is 0. The summed E-state index contributed by atoms with van der Waals surface area (Å²) in [6, 6.07) is 8.64. The van der Waals surface area contributed by atoms with Crippen LogP contribution in [-0.4, -0.2) is 19.9 Å². The first-order chi connectivity index (χ1) is 14.3. The second-order valence-corrected chi connectivity index (χ2v) is 11.5. The lowest BCUT2D eigenvalue weighted by molar-refractivity contribution is -0.137. The van der Waals surface area contributed by atoms with Crippen LogP contribution in [0.2, 0.25) is 0 Å². The molecule has 1 aromatic rings. The molecule has 0 bridgehead atoms. The highest BCUT2D eigenvalue weighted by Crippen LogP contribution is 2.66. The van der Waals surface area contributed by atoms with E-state index in [0.29, 0.717) is 17.1 Å². The van der Waals surface area contributed by atoms with Crippen LogP contribution in [0.3, 0.4) is 0 Å². The number of hydrogen-bond acceptors (Lipinski definition) is 2. The Morgan fingerprint density at radius 2 is 1.70 bits per heavy atom. The fraction of sp³-hybridized carbons (Fsp3) is 0.679. The van der Waals surface area contributed by atoms with Crippen LogP contribution in [0.4, 0.5) is 5.69 Å². The summed E-state index contributed by atoms with van der Waals surface area (Å²) in [5.41, 5.74) is 3.90. The zero-order chi connectivity index (χ0) is 21.1. The van der Waals surface area contributed by atoms with Crippen LogP contribution >= 0.6 is 0 Å². The van der Waals surface area contributed by atoms with Crippen molar-refractivity contribution in [2.24, 2.45) is 34.5 Å². The molecule has 0 heterocycles. The Morgan fingerprint density at radius 1 is 0.933 bits per heavy atom. The Balaban J connectivity index is 1.42. The lowest BCUT2D eigenvalue weighted by atomic mass is 9.45. The van der Waals surface area contributed by atoms with Crippen molar-refractivity contribution in [1.29, 1.82) is 0 Å².